The van der Waals surface area contributed by atoms with E-state index in [0.29, 0.717) is 31.5 Å². The highest BCUT2D eigenvalue weighted by Crippen LogP contribution is 2.21. The van der Waals surface area contributed by atoms with Crippen LogP contribution in [-0.2, 0) is 9.53 Å². The van der Waals surface area contributed by atoms with Crippen LogP contribution in [0.4, 0.5) is 5.95 Å². The van der Waals surface area contributed by atoms with Crippen LogP contribution in [0.2, 0.25) is 0 Å². The minimum Gasteiger partial charge on any atom is -0.478 e. The summed E-state index contributed by atoms with van der Waals surface area (Å²) < 4.78 is 11.1. The van der Waals surface area contributed by atoms with E-state index in [-0.39, 0.29) is 18.6 Å². The van der Waals surface area contributed by atoms with E-state index in [1.807, 2.05) is 11.8 Å². The summed E-state index contributed by atoms with van der Waals surface area (Å²) in [6.45, 7) is 5.53. The third kappa shape index (κ3) is 4.35. The molecule has 7 nitrogen and oxygen atoms in total. The van der Waals surface area contributed by atoms with Crippen molar-refractivity contribution in [1.82, 2.24) is 14.9 Å². The summed E-state index contributed by atoms with van der Waals surface area (Å²) in [6, 6.07) is 1.76. The minimum atomic E-state index is 0.0885. The fraction of sp³-hybridized carbons (Fsp3) is 0.706. The highest BCUT2D eigenvalue weighted by molar-refractivity contribution is 5.77. The van der Waals surface area contributed by atoms with Crippen LogP contribution < -0.4 is 9.64 Å². The second-order valence-corrected chi connectivity index (χ2v) is 6.21. The maximum atomic E-state index is 12.3. The predicted molar refractivity (Wildman–Crippen MR) is 90.2 cm³/mol. The van der Waals surface area contributed by atoms with E-state index >= 15 is 0 Å². The molecule has 1 aromatic rings. The van der Waals surface area contributed by atoms with E-state index in [1.54, 1.807) is 12.3 Å². The molecule has 1 aromatic heterocycles. The molecule has 2 aliphatic rings. The van der Waals surface area contributed by atoms with Gasteiger partial charge in [0.1, 0.15) is 6.61 Å². The van der Waals surface area contributed by atoms with Gasteiger partial charge in [0.05, 0.1) is 12.7 Å². The smallest absolute Gasteiger partial charge is 0.248 e. The molecule has 1 aliphatic carbocycles. The molecule has 0 atom stereocenters. The van der Waals surface area contributed by atoms with Gasteiger partial charge in [0.15, 0.2) is 0 Å². The van der Waals surface area contributed by atoms with Crippen LogP contribution >= 0.6 is 0 Å². The van der Waals surface area contributed by atoms with Crippen molar-refractivity contribution in [3.05, 3.63) is 12.3 Å². The monoisotopic (exact) mass is 334 g/mol. The largest absolute Gasteiger partial charge is 0.478 e. The molecule has 7 heteroatoms. The maximum absolute atomic E-state index is 12.3. The third-order valence-corrected chi connectivity index (χ3v) is 4.57. The quantitative estimate of drug-likeness (QED) is 0.785. The molecule has 1 saturated carbocycles. The van der Waals surface area contributed by atoms with Crippen molar-refractivity contribution in [3.8, 4) is 5.88 Å². The van der Waals surface area contributed by atoms with Crippen LogP contribution in [0.3, 0.4) is 0 Å². The van der Waals surface area contributed by atoms with Gasteiger partial charge in [-0.15, -0.1) is 0 Å². The summed E-state index contributed by atoms with van der Waals surface area (Å²) in [5, 5.41) is 0. The number of amides is 1. The molecular weight excluding hydrogens is 308 g/mol. The van der Waals surface area contributed by atoms with Crippen molar-refractivity contribution in [2.75, 3.05) is 44.3 Å². The van der Waals surface area contributed by atoms with Gasteiger partial charge in [-0.1, -0.05) is 12.8 Å². The van der Waals surface area contributed by atoms with Crippen LogP contribution in [-0.4, -0.2) is 66.3 Å². The summed E-state index contributed by atoms with van der Waals surface area (Å²) in [6.07, 6.45) is 6.62. The van der Waals surface area contributed by atoms with E-state index in [0.717, 1.165) is 25.9 Å². The zero-order valence-electron chi connectivity index (χ0n) is 14.3. The lowest BCUT2D eigenvalue weighted by Crippen LogP contribution is -2.50. The van der Waals surface area contributed by atoms with Crippen molar-refractivity contribution in [3.63, 3.8) is 0 Å². The molecule has 3 rings (SSSR count). The Morgan fingerprint density at radius 3 is 2.71 bits per heavy atom. The van der Waals surface area contributed by atoms with Crippen molar-refractivity contribution in [2.24, 2.45) is 0 Å². The average molecular weight is 334 g/mol. The Morgan fingerprint density at radius 2 is 2.00 bits per heavy atom. The Morgan fingerprint density at radius 1 is 1.25 bits per heavy atom. The average Bonchev–Trinajstić information content (AvgIpc) is 3.14. The van der Waals surface area contributed by atoms with Gasteiger partial charge in [0, 0.05) is 38.4 Å². The standard InChI is InChI=1S/C17H26N4O3/c1-2-23-15-7-8-18-17(19-15)21-11-9-20(10-12-21)16(22)13-24-14-5-3-4-6-14/h7-8,14H,2-6,9-13H2,1H3. The first-order chi connectivity index (χ1) is 11.8. The second kappa shape index (κ2) is 8.28. The second-order valence-electron chi connectivity index (χ2n) is 6.21. The Kier molecular flexibility index (Phi) is 5.85. The van der Waals surface area contributed by atoms with E-state index in [4.69, 9.17) is 9.47 Å². The Labute approximate surface area is 143 Å². The summed E-state index contributed by atoms with van der Waals surface area (Å²) in [7, 11) is 0. The topological polar surface area (TPSA) is 67.8 Å². The fourth-order valence-corrected chi connectivity index (χ4v) is 3.20. The highest BCUT2D eigenvalue weighted by atomic mass is 16.5. The van der Waals surface area contributed by atoms with Gasteiger partial charge in [0.2, 0.25) is 17.7 Å². The van der Waals surface area contributed by atoms with Gasteiger partial charge < -0.3 is 19.3 Å². The lowest BCUT2D eigenvalue weighted by atomic mass is 10.3. The van der Waals surface area contributed by atoms with E-state index in [9.17, 15) is 4.79 Å². The number of nitrogens with zero attached hydrogens (tertiary/aromatic N) is 4. The Hall–Kier alpha value is -1.89. The molecule has 2 fully saturated rings. The van der Waals surface area contributed by atoms with Crippen LogP contribution in [0.25, 0.3) is 0 Å². The predicted octanol–water partition coefficient (Wildman–Crippen LogP) is 1.48. The molecule has 0 radical (unpaired) electrons. The van der Waals surface area contributed by atoms with Crippen molar-refractivity contribution >= 4 is 11.9 Å². The number of carbonyl (C=O) groups excluding carboxylic acids is 1. The molecule has 1 aliphatic heterocycles. The number of aromatic nitrogens is 2. The summed E-state index contributed by atoms with van der Waals surface area (Å²) in [5.41, 5.74) is 0. The molecule has 0 N–H and O–H groups in total. The third-order valence-electron chi connectivity index (χ3n) is 4.57. The zero-order chi connectivity index (χ0) is 16.8. The van der Waals surface area contributed by atoms with Gasteiger partial charge in [-0.3, -0.25) is 4.79 Å². The molecule has 24 heavy (non-hydrogen) atoms. The lowest BCUT2D eigenvalue weighted by Gasteiger charge is -2.34. The van der Waals surface area contributed by atoms with Gasteiger partial charge in [-0.05, 0) is 19.8 Å². The van der Waals surface area contributed by atoms with Crippen molar-refractivity contribution in [1.29, 1.82) is 0 Å². The summed E-state index contributed by atoms with van der Waals surface area (Å²) in [4.78, 5) is 24.9. The number of piperazine rings is 1. The molecule has 0 spiro atoms. The maximum Gasteiger partial charge on any atom is 0.248 e. The first kappa shape index (κ1) is 17.0. The number of hydrogen-bond donors (Lipinski definition) is 0. The summed E-state index contributed by atoms with van der Waals surface area (Å²) >= 11 is 0. The lowest BCUT2D eigenvalue weighted by molar-refractivity contribution is -0.138. The van der Waals surface area contributed by atoms with Crippen LogP contribution in [0.1, 0.15) is 32.6 Å². The molecular formula is C17H26N4O3. The Bertz CT molecular complexity index is 540. The normalized spacial score (nSPS) is 18.9. The first-order valence-electron chi connectivity index (χ1n) is 8.86. The Balaban J connectivity index is 1.46. The highest BCUT2D eigenvalue weighted by Gasteiger charge is 2.24. The molecule has 0 bridgehead atoms. The van der Waals surface area contributed by atoms with E-state index in [1.165, 1.54) is 12.8 Å². The number of rotatable bonds is 6. The number of anilines is 1. The number of ether oxygens (including phenoxy) is 2. The van der Waals surface area contributed by atoms with Crippen LogP contribution in [0.15, 0.2) is 12.3 Å². The van der Waals surface area contributed by atoms with E-state index < -0.39 is 0 Å². The number of hydrogen-bond acceptors (Lipinski definition) is 6. The molecule has 2 heterocycles. The van der Waals surface area contributed by atoms with Crippen molar-refractivity contribution < 1.29 is 14.3 Å². The van der Waals surface area contributed by atoms with Gasteiger partial charge in [0.25, 0.3) is 0 Å². The molecule has 1 amide bonds. The molecule has 1 saturated heterocycles. The molecule has 0 unspecified atom stereocenters. The fourth-order valence-electron chi connectivity index (χ4n) is 3.20. The van der Waals surface area contributed by atoms with Gasteiger partial charge in [-0.2, -0.15) is 4.98 Å². The van der Waals surface area contributed by atoms with Crippen LogP contribution in [0, 0.1) is 0 Å². The van der Waals surface area contributed by atoms with Crippen LogP contribution in [0.5, 0.6) is 5.88 Å². The molecule has 132 valence electrons. The SMILES string of the molecule is CCOc1ccnc(N2CCN(C(=O)COC3CCCC3)CC2)n1. The number of carbonyl (C=O) groups is 1. The molecule has 0 aromatic carbocycles. The van der Waals surface area contributed by atoms with Gasteiger partial charge >= 0.3 is 0 Å². The van der Waals surface area contributed by atoms with Crippen molar-refractivity contribution in [2.45, 2.75) is 38.7 Å². The minimum absolute atomic E-state index is 0.0885. The summed E-state index contributed by atoms with van der Waals surface area (Å²) in [5.74, 6) is 1.34. The zero-order valence-corrected chi connectivity index (χ0v) is 14.3. The van der Waals surface area contributed by atoms with E-state index in [2.05, 4.69) is 14.9 Å². The van der Waals surface area contributed by atoms with Gasteiger partial charge in [-0.25, -0.2) is 4.98 Å². The first-order valence-corrected chi connectivity index (χ1v) is 8.86.